The lowest BCUT2D eigenvalue weighted by Gasteiger charge is -2.30. The maximum atomic E-state index is 13.4. The Morgan fingerprint density at radius 3 is 2.83 bits per heavy atom. The molecule has 1 saturated heterocycles. The number of hydrogen-bond donors (Lipinski definition) is 1. The number of anilines is 1. The van der Waals surface area contributed by atoms with Crippen LogP contribution in [0.3, 0.4) is 0 Å². The number of benzene rings is 1. The van der Waals surface area contributed by atoms with Crippen LogP contribution < -0.4 is 10.2 Å². The number of hydrogen-bond acceptors (Lipinski definition) is 4. The molecule has 0 saturated carbocycles. The van der Waals surface area contributed by atoms with E-state index in [1.165, 1.54) is 18.4 Å². The molecule has 0 unspecified atom stereocenters. The Bertz CT molecular complexity index is 521. The Hall–Kier alpha value is -1.88. The zero-order valence-electron chi connectivity index (χ0n) is 9.90. The van der Waals surface area contributed by atoms with Crippen molar-refractivity contribution in [1.29, 1.82) is 0 Å². The fourth-order valence-corrected chi connectivity index (χ4v) is 2.22. The summed E-state index contributed by atoms with van der Waals surface area (Å²) in [5.74, 6) is 0.185. The maximum Gasteiger partial charge on any atom is 0.228 e. The summed E-state index contributed by atoms with van der Waals surface area (Å²) < 4.78 is 18.7. The first-order valence-electron chi connectivity index (χ1n) is 6.00. The van der Waals surface area contributed by atoms with Crippen LogP contribution in [0.4, 0.5) is 10.1 Å². The van der Waals surface area contributed by atoms with Crippen molar-refractivity contribution in [2.75, 3.05) is 31.1 Å². The van der Waals surface area contributed by atoms with Gasteiger partial charge in [-0.15, -0.1) is 0 Å². The number of nitrogens with zero attached hydrogens (tertiary/aromatic N) is 2. The predicted molar refractivity (Wildman–Crippen MR) is 67.0 cm³/mol. The molecule has 1 aromatic heterocycles. The highest BCUT2D eigenvalue weighted by atomic mass is 19.1. The summed E-state index contributed by atoms with van der Waals surface area (Å²) in [5, 5.41) is 3.30. The average molecular weight is 247 g/mol. The Morgan fingerprint density at radius 2 is 2.11 bits per heavy atom. The molecule has 2 aromatic rings. The molecular weight excluding hydrogens is 233 g/mol. The number of piperazine rings is 1. The van der Waals surface area contributed by atoms with E-state index in [-0.39, 0.29) is 5.82 Å². The zero-order valence-corrected chi connectivity index (χ0v) is 9.90. The molecule has 4 nitrogen and oxygen atoms in total. The topological polar surface area (TPSA) is 41.3 Å². The van der Waals surface area contributed by atoms with E-state index in [4.69, 9.17) is 4.42 Å². The van der Waals surface area contributed by atoms with E-state index >= 15 is 0 Å². The predicted octanol–water partition coefficient (Wildman–Crippen LogP) is 1.89. The molecule has 2 heterocycles. The van der Waals surface area contributed by atoms with Gasteiger partial charge in [0.15, 0.2) is 0 Å². The van der Waals surface area contributed by atoms with Gasteiger partial charge in [0.05, 0.1) is 11.8 Å². The summed E-state index contributed by atoms with van der Waals surface area (Å²) in [7, 11) is 0. The van der Waals surface area contributed by atoms with E-state index < -0.39 is 0 Å². The van der Waals surface area contributed by atoms with E-state index in [0.717, 1.165) is 31.9 Å². The zero-order chi connectivity index (χ0) is 12.4. The van der Waals surface area contributed by atoms with Crippen LogP contribution in [0.15, 0.2) is 35.1 Å². The highest BCUT2D eigenvalue weighted by Crippen LogP contribution is 2.30. The van der Waals surface area contributed by atoms with Crippen LogP contribution in [-0.2, 0) is 0 Å². The molecule has 1 aromatic carbocycles. The molecule has 0 bridgehead atoms. The third-order valence-corrected chi connectivity index (χ3v) is 3.08. The van der Waals surface area contributed by atoms with Crippen LogP contribution >= 0.6 is 0 Å². The minimum atomic E-state index is -0.276. The molecule has 18 heavy (non-hydrogen) atoms. The van der Waals surface area contributed by atoms with Crippen LogP contribution in [0.5, 0.6) is 0 Å². The molecule has 1 aliphatic heterocycles. The highest BCUT2D eigenvalue weighted by molar-refractivity contribution is 5.73. The molecule has 3 rings (SSSR count). The second kappa shape index (κ2) is 4.78. The Labute approximate surface area is 104 Å². The Kier molecular flexibility index (Phi) is 2.98. The van der Waals surface area contributed by atoms with E-state index in [0.29, 0.717) is 11.5 Å². The van der Waals surface area contributed by atoms with Gasteiger partial charge in [0.25, 0.3) is 0 Å². The van der Waals surface area contributed by atoms with Crippen molar-refractivity contribution in [3.63, 3.8) is 0 Å². The SMILES string of the molecule is Fc1ccc(N2CCNCC2)c(-c2ncco2)c1. The van der Waals surface area contributed by atoms with Crippen LogP contribution in [-0.4, -0.2) is 31.2 Å². The largest absolute Gasteiger partial charge is 0.444 e. The summed E-state index contributed by atoms with van der Waals surface area (Å²) in [6.45, 7) is 3.67. The van der Waals surface area contributed by atoms with Crippen molar-refractivity contribution >= 4 is 5.69 Å². The first-order valence-corrected chi connectivity index (χ1v) is 6.00. The van der Waals surface area contributed by atoms with Gasteiger partial charge in [-0.05, 0) is 18.2 Å². The van der Waals surface area contributed by atoms with Gasteiger partial charge in [0.1, 0.15) is 12.1 Å². The molecule has 1 fully saturated rings. The van der Waals surface area contributed by atoms with Crippen LogP contribution in [0.2, 0.25) is 0 Å². The van der Waals surface area contributed by atoms with E-state index in [1.807, 2.05) is 0 Å². The van der Waals surface area contributed by atoms with E-state index in [2.05, 4.69) is 15.2 Å². The third kappa shape index (κ3) is 2.09. The standard InChI is InChI=1S/C13H14FN3O/c14-10-1-2-12(17-6-3-15-4-7-17)11(9-10)13-16-5-8-18-13/h1-2,5,8-9,15H,3-4,6-7H2. The number of oxazole rings is 1. The van der Waals surface area contributed by atoms with Gasteiger partial charge in [-0.25, -0.2) is 9.37 Å². The van der Waals surface area contributed by atoms with Gasteiger partial charge < -0.3 is 14.6 Å². The lowest BCUT2D eigenvalue weighted by Crippen LogP contribution is -2.43. The van der Waals surface area contributed by atoms with E-state index in [1.54, 1.807) is 12.3 Å². The van der Waals surface area contributed by atoms with Gasteiger partial charge >= 0.3 is 0 Å². The minimum Gasteiger partial charge on any atom is -0.444 e. The van der Waals surface area contributed by atoms with Crippen molar-refractivity contribution in [2.24, 2.45) is 0 Å². The fourth-order valence-electron chi connectivity index (χ4n) is 2.22. The number of aromatic nitrogens is 1. The highest BCUT2D eigenvalue weighted by Gasteiger charge is 2.17. The van der Waals surface area contributed by atoms with Crippen LogP contribution in [0, 0.1) is 5.82 Å². The Morgan fingerprint density at radius 1 is 1.28 bits per heavy atom. The van der Waals surface area contributed by atoms with Gasteiger partial charge in [0, 0.05) is 31.9 Å². The monoisotopic (exact) mass is 247 g/mol. The quantitative estimate of drug-likeness (QED) is 0.880. The lowest BCUT2D eigenvalue weighted by atomic mass is 10.1. The molecule has 0 spiro atoms. The second-order valence-corrected chi connectivity index (χ2v) is 4.24. The summed E-state index contributed by atoms with van der Waals surface area (Å²) >= 11 is 0. The van der Waals surface area contributed by atoms with Crippen LogP contribution in [0.25, 0.3) is 11.5 Å². The van der Waals surface area contributed by atoms with Crippen molar-refractivity contribution in [2.45, 2.75) is 0 Å². The number of halogens is 1. The van der Waals surface area contributed by atoms with Gasteiger partial charge in [-0.3, -0.25) is 0 Å². The molecule has 5 heteroatoms. The Balaban J connectivity index is 2.02. The molecule has 0 amide bonds. The normalized spacial score (nSPS) is 15.9. The maximum absolute atomic E-state index is 13.4. The first-order chi connectivity index (χ1) is 8.84. The summed E-state index contributed by atoms with van der Waals surface area (Å²) in [4.78, 5) is 6.33. The molecule has 0 atom stereocenters. The van der Waals surface area contributed by atoms with Gasteiger partial charge in [-0.1, -0.05) is 0 Å². The smallest absolute Gasteiger partial charge is 0.228 e. The molecule has 0 radical (unpaired) electrons. The number of rotatable bonds is 2. The van der Waals surface area contributed by atoms with E-state index in [9.17, 15) is 4.39 Å². The third-order valence-electron chi connectivity index (χ3n) is 3.08. The molecule has 1 N–H and O–H groups in total. The average Bonchev–Trinajstić information content (AvgIpc) is 2.93. The lowest BCUT2D eigenvalue weighted by molar-refractivity contribution is 0.567. The van der Waals surface area contributed by atoms with Gasteiger partial charge in [-0.2, -0.15) is 0 Å². The van der Waals surface area contributed by atoms with Crippen molar-refractivity contribution < 1.29 is 8.81 Å². The number of nitrogens with one attached hydrogen (secondary N) is 1. The summed E-state index contributed by atoms with van der Waals surface area (Å²) in [6, 6.07) is 4.74. The van der Waals surface area contributed by atoms with Gasteiger partial charge in [0.2, 0.25) is 5.89 Å². The van der Waals surface area contributed by atoms with Crippen molar-refractivity contribution in [3.05, 3.63) is 36.5 Å². The molecular formula is C13H14FN3O. The minimum absolute atomic E-state index is 0.276. The second-order valence-electron chi connectivity index (χ2n) is 4.24. The van der Waals surface area contributed by atoms with Crippen molar-refractivity contribution in [1.82, 2.24) is 10.3 Å². The fraction of sp³-hybridized carbons (Fsp3) is 0.308. The molecule has 94 valence electrons. The van der Waals surface area contributed by atoms with Crippen LogP contribution in [0.1, 0.15) is 0 Å². The van der Waals surface area contributed by atoms with Crippen molar-refractivity contribution in [3.8, 4) is 11.5 Å². The molecule has 1 aliphatic rings. The molecule has 0 aliphatic carbocycles. The summed E-state index contributed by atoms with van der Waals surface area (Å²) in [6.07, 6.45) is 3.07. The summed E-state index contributed by atoms with van der Waals surface area (Å²) in [5.41, 5.74) is 1.68. The first kappa shape index (κ1) is 11.2.